The van der Waals surface area contributed by atoms with Crippen molar-refractivity contribution in [1.29, 1.82) is 0 Å². The van der Waals surface area contributed by atoms with Gasteiger partial charge in [-0.2, -0.15) is 0 Å². The van der Waals surface area contributed by atoms with Gasteiger partial charge in [0.2, 0.25) is 0 Å². The fourth-order valence-electron chi connectivity index (χ4n) is 0.921. The number of hydrogen-bond acceptors (Lipinski definition) is 3. The number of aliphatic imine (C=N–C) groups is 1. The first kappa shape index (κ1) is 8.11. The Kier molecular flexibility index (Phi) is 2.52. The van der Waals surface area contributed by atoms with E-state index in [1.165, 1.54) is 6.21 Å². The molecule has 11 heavy (non-hydrogen) atoms. The van der Waals surface area contributed by atoms with Gasteiger partial charge >= 0.3 is 0 Å². The zero-order valence-corrected chi connectivity index (χ0v) is 6.87. The SMILES string of the molecule is CC(C)OC1=C(O)C=NCC1. The lowest BCUT2D eigenvalue weighted by atomic mass is 10.2. The predicted molar refractivity (Wildman–Crippen MR) is 43.9 cm³/mol. The lowest BCUT2D eigenvalue weighted by Gasteiger charge is -2.15. The third kappa shape index (κ3) is 2.26. The van der Waals surface area contributed by atoms with Crippen molar-refractivity contribution in [3.05, 3.63) is 11.5 Å². The molecule has 0 aromatic heterocycles. The van der Waals surface area contributed by atoms with Crippen LogP contribution in [0.15, 0.2) is 16.5 Å². The summed E-state index contributed by atoms with van der Waals surface area (Å²) in [6.07, 6.45) is 2.28. The Morgan fingerprint density at radius 3 is 2.91 bits per heavy atom. The van der Waals surface area contributed by atoms with Gasteiger partial charge in [0.1, 0.15) is 5.76 Å². The second-order valence-corrected chi connectivity index (χ2v) is 2.76. The molecule has 1 rings (SSSR count). The number of dihydropyridines is 1. The first-order valence-corrected chi connectivity index (χ1v) is 3.78. The summed E-state index contributed by atoms with van der Waals surface area (Å²) in [6.45, 7) is 4.59. The lowest BCUT2D eigenvalue weighted by molar-refractivity contribution is 0.128. The molecular weight excluding hydrogens is 142 g/mol. The van der Waals surface area contributed by atoms with Crippen molar-refractivity contribution < 1.29 is 9.84 Å². The van der Waals surface area contributed by atoms with Gasteiger partial charge in [-0.25, -0.2) is 0 Å². The maximum Gasteiger partial charge on any atom is 0.171 e. The van der Waals surface area contributed by atoms with E-state index in [1.807, 2.05) is 13.8 Å². The molecule has 0 fully saturated rings. The van der Waals surface area contributed by atoms with Crippen LogP contribution in [0.5, 0.6) is 0 Å². The van der Waals surface area contributed by atoms with E-state index in [2.05, 4.69) is 4.99 Å². The number of aliphatic hydroxyl groups excluding tert-OH is 1. The van der Waals surface area contributed by atoms with E-state index < -0.39 is 0 Å². The van der Waals surface area contributed by atoms with Gasteiger partial charge in [-0.3, -0.25) is 4.99 Å². The van der Waals surface area contributed by atoms with Gasteiger partial charge in [0.15, 0.2) is 5.76 Å². The standard InChI is InChI=1S/C8H13NO2/c1-6(2)11-8-3-4-9-5-7(8)10/h5-6,10H,3-4H2,1-2H3. The highest BCUT2D eigenvalue weighted by atomic mass is 16.5. The number of allylic oxidation sites excluding steroid dienone is 1. The zero-order valence-electron chi connectivity index (χ0n) is 6.87. The highest BCUT2D eigenvalue weighted by Crippen LogP contribution is 2.13. The molecule has 0 aliphatic carbocycles. The molecule has 1 N–H and O–H groups in total. The Bertz CT molecular complexity index is 194. The quantitative estimate of drug-likeness (QED) is 0.658. The normalized spacial score (nSPS) is 17.7. The molecule has 0 aromatic carbocycles. The van der Waals surface area contributed by atoms with Crippen LogP contribution in [0.3, 0.4) is 0 Å². The highest BCUT2D eigenvalue weighted by Gasteiger charge is 2.10. The molecule has 3 heteroatoms. The van der Waals surface area contributed by atoms with Crippen LogP contribution in [0.25, 0.3) is 0 Å². The molecule has 0 aromatic rings. The van der Waals surface area contributed by atoms with Crippen LogP contribution in [-0.2, 0) is 4.74 Å². The first-order valence-electron chi connectivity index (χ1n) is 3.78. The van der Waals surface area contributed by atoms with Crippen LogP contribution in [0.2, 0.25) is 0 Å². The maximum atomic E-state index is 9.22. The number of rotatable bonds is 2. The number of hydrogen-bond donors (Lipinski definition) is 1. The zero-order chi connectivity index (χ0) is 8.27. The minimum Gasteiger partial charge on any atom is -0.503 e. The van der Waals surface area contributed by atoms with E-state index in [1.54, 1.807) is 0 Å². The highest BCUT2D eigenvalue weighted by molar-refractivity contribution is 5.76. The second kappa shape index (κ2) is 3.42. The van der Waals surface area contributed by atoms with Crippen molar-refractivity contribution in [3.63, 3.8) is 0 Å². The molecule has 0 unspecified atom stereocenters. The van der Waals surface area contributed by atoms with Gasteiger partial charge in [-0.1, -0.05) is 0 Å². The minimum absolute atomic E-state index is 0.124. The molecule has 3 nitrogen and oxygen atoms in total. The maximum absolute atomic E-state index is 9.22. The van der Waals surface area contributed by atoms with E-state index in [9.17, 15) is 5.11 Å². The lowest BCUT2D eigenvalue weighted by Crippen LogP contribution is -2.09. The summed E-state index contributed by atoms with van der Waals surface area (Å²) in [6, 6.07) is 0. The van der Waals surface area contributed by atoms with Crippen LogP contribution in [-0.4, -0.2) is 24.0 Å². The summed E-state index contributed by atoms with van der Waals surface area (Å²) < 4.78 is 5.34. The molecule has 0 spiro atoms. The van der Waals surface area contributed by atoms with E-state index >= 15 is 0 Å². The van der Waals surface area contributed by atoms with Crippen LogP contribution in [0.4, 0.5) is 0 Å². The fourth-order valence-corrected chi connectivity index (χ4v) is 0.921. The van der Waals surface area contributed by atoms with Crippen molar-refractivity contribution in [2.45, 2.75) is 26.4 Å². The molecule has 0 radical (unpaired) electrons. The molecule has 62 valence electrons. The monoisotopic (exact) mass is 155 g/mol. The number of ether oxygens (including phenoxy) is 1. The van der Waals surface area contributed by atoms with E-state index in [0.717, 1.165) is 0 Å². The van der Waals surface area contributed by atoms with Crippen LogP contribution in [0, 0.1) is 0 Å². The average Bonchev–Trinajstić information content (AvgIpc) is 1.93. The second-order valence-electron chi connectivity index (χ2n) is 2.76. The Morgan fingerprint density at radius 1 is 1.64 bits per heavy atom. The smallest absolute Gasteiger partial charge is 0.171 e. The van der Waals surface area contributed by atoms with Crippen molar-refractivity contribution in [2.24, 2.45) is 4.99 Å². The Balaban J connectivity index is 2.60. The summed E-state index contributed by atoms with van der Waals surface area (Å²) in [4.78, 5) is 3.90. The summed E-state index contributed by atoms with van der Waals surface area (Å²) in [5.41, 5.74) is 0. The first-order chi connectivity index (χ1) is 5.20. The largest absolute Gasteiger partial charge is 0.503 e. The molecule has 1 heterocycles. The third-order valence-electron chi connectivity index (χ3n) is 1.35. The Morgan fingerprint density at radius 2 is 2.36 bits per heavy atom. The van der Waals surface area contributed by atoms with Crippen molar-refractivity contribution >= 4 is 6.21 Å². The van der Waals surface area contributed by atoms with Crippen molar-refractivity contribution in [2.75, 3.05) is 6.54 Å². The Labute approximate surface area is 66.4 Å². The van der Waals surface area contributed by atoms with Crippen LogP contribution in [0.1, 0.15) is 20.3 Å². The molecule has 1 aliphatic rings. The third-order valence-corrected chi connectivity index (χ3v) is 1.35. The van der Waals surface area contributed by atoms with Gasteiger partial charge in [-0.15, -0.1) is 0 Å². The van der Waals surface area contributed by atoms with Crippen molar-refractivity contribution in [1.82, 2.24) is 0 Å². The average molecular weight is 155 g/mol. The van der Waals surface area contributed by atoms with Gasteiger partial charge in [0.25, 0.3) is 0 Å². The molecule has 0 saturated heterocycles. The van der Waals surface area contributed by atoms with Gasteiger partial charge in [-0.05, 0) is 13.8 Å². The van der Waals surface area contributed by atoms with Gasteiger partial charge in [0.05, 0.1) is 12.3 Å². The predicted octanol–water partition coefficient (Wildman–Crippen LogP) is 1.66. The van der Waals surface area contributed by atoms with E-state index in [-0.39, 0.29) is 11.9 Å². The fraction of sp³-hybridized carbons (Fsp3) is 0.625. The summed E-state index contributed by atoms with van der Waals surface area (Å²) in [7, 11) is 0. The molecular formula is C8H13NO2. The van der Waals surface area contributed by atoms with Gasteiger partial charge < -0.3 is 9.84 Å². The van der Waals surface area contributed by atoms with E-state index in [0.29, 0.717) is 18.7 Å². The van der Waals surface area contributed by atoms with E-state index in [4.69, 9.17) is 4.74 Å². The molecule has 0 saturated carbocycles. The summed E-state index contributed by atoms with van der Waals surface area (Å²) >= 11 is 0. The van der Waals surface area contributed by atoms with Crippen LogP contribution < -0.4 is 0 Å². The summed E-state index contributed by atoms with van der Waals surface area (Å²) in [5, 5.41) is 9.22. The summed E-state index contributed by atoms with van der Waals surface area (Å²) in [5.74, 6) is 0.833. The topological polar surface area (TPSA) is 41.8 Å². The molecule has 0 amide bonds. The molecule has 0 bridgehead atoms. The number of nitrogens with zero attached hydrogens (tertiary/aromatic N) is 1. The molecule has 0 atom stereocenters. The number of aliphatic hydroxyl groups is 1. The van der Waals surface area contributed by atoms with Gasteiger partial charge in [0, 0.05) is 13.0 Å². The Hall–Kier alpha value is -0.990. The van der Waals surface area contributed by atoms with Crippen LogP contribution >= 0.6 is 0 Å². The van der Waals surface area contributed by atoms with Crippen molar-refractivity contribution in [3.8, 4) is 0 Å². The minimum atomic E-state index is 0.124. The molecule has 1 aliphatic heterocycles.